The number of likely N-dealkylation sites (tertiary alicyclic amines) is 1. The molecule has 1 aromatic carbocycles. The van der Waals surface area contributed by atoms with Crippen molar-refractivity contribution >= 4 is 17.2 Å². The zero-order valence-corrected chi connectivity index (χ0v) is 13.6. The van der Waals surface area contributed by atoms with Gasteiger partial charge in [0.1, 0.15) is 9.88 Å². The van der Waals surface area contributed by atoms with Gasteiger partial charge in [0.2, 0.25) is 0 Å². The average Bonchev–Trinajstić information content (AvgIpc) is 2.97. The van der Waals surface area contributed by atoms with E-state index >= 15 is 0 Å². The minimum absolute atomic E-state index is 0.118. The van der Waals surface area contributed by atoms with Crippen LogP contribution in [-0.2, 0) is 0 Å². The zero-order chi connectivity index (χ0) is 15.5. The first-order chi connectivity index (χ1) is 10.7. The van der Waals surface area contributed by atoms with Crippen LogP contribution in [0.25, 0.3) is 10.6 Å². The van der Waals surface area contributed by atoms with E-state index in [2.05, 4.69) is 4.98 Å². The largest absolute Gasteiger partial charge is 0.338 e. The molecule has 0 saturated carbocycles. The number of rotatable bonds is 3. The molecule has 116 valence electrons. The number of aryl methyl sites for hydroxylation is 1. The third-order valence-electron chi connectivity index (χ3n) is 4.25. The summed E-state index contributed by atoms with van der Waals surface area (Å²) in [6.07, 6.45) is 2.01. The second-order valence-electron chi connectivity index (χ2n) is 5.77. The van der Waals surface area contributed by atoms with Crippen molar-refractivity contribution in [3.63, 3.8) is 0 Å². The van der Waals surface area contributed by atoms with Crippen LogP contribution in [0.1, 0.15) is 28.2 Å². The third-order valence-corrected chi connectivity index (χ3v) is 5.44. The summed E-state index contributed by atoms with van der Waals surface area (Å²) in [6.45, 7) is 4.25. The Labute approximate surface area is 135 Å². The second-order valence-corrected chi connectivity index (χ2v) is 6.77. The number of piperidine rings is 1. The van der Waals surface area contributed by atoms with Crippen LogP contribution in [-0.4, -0.2) is 35.4 Å². The number of nitrogens with two attached hydrogens (primary N) is 1. The van der Waals surface area contributed by atoms with E-state index in [1.54, 1.807) is 0 Å². The van der Waals surface area contributed by atoms with Crippen LogP contribution in [0.5, 0.6) is 0 Å². The van der Waals surface area contributed by atoms with Crippen molar-refractivity contribution in [1.29, 1.82) is 0 Å². The lowest BCUT2D eigenvalue weighted by Crippen LogP contribution is -2.40. The smallest absolute Gasteiger partial charge is 0.265 e. The van der Waals surface area contributed by atoms with Gasteiger partial charge in [-0.05, 0) is 32.2 Å². The Bertz CT molecular complexity index is 645. The number of thiazole rings is 1. The lowest BCUT2D eigenvalue weighted by atomic mass is 9.97. The van der Waals surface area contributed by atoms with Crippen LogP contribution in [0, 0.1) is 12.8 Å². The van der Waals surface area contributed by atoms with Crippen molar-refractivity contribution < 1.29 is 4.79 Å². The Balaban J connectivity index is 1.78. The van der Waals surface area contributed by atoms with Gasteiger partial charge in [0, 0.05) is 18.7 Å². The Morgan fingerprint density at radius 3 is 2.64 bits per heavy atom. The van der Waals surface area contributed by atoms with Gasteiger partial charge in [-0.2, -0.15) is 0 Å². The highest BCUT2D eigenvalue weighted by atomic mass is 32.1. The van der Waals surface area contributed by atoms with Crippen molar-refractivity contribution in [1.82, 2.24) is 9.88 Å². The summed E-state index contributed by atoms with van der Waals surface area (Å²) in [5.74, 6) is 0.680. The van der Waals surface area contributed by atoms with Gasteiger partial charge in [-0.3, -0.25) is 4.79 Å². The summed E-state index contributed by atoms with van der Waals surface area (Å²) >= 11 is 1.49. The van der Waals surface area contributed by atoms with Crippen LogP contribution in [0.2, 0.25) is 0 Å². The molecule has 1 aliphatic rings. The second kappa shape index (κ2) is 6.58. The van der Waals surface area contributed by atoms with E-state index < -0.39 is 0 Å². The number of hydrogen-bond acceptors (Lipinski definition) is 4. The van der Waals surface area contributed by atoms with Gasteiger partial charge in [-0.25, -0.2) is 4.98 Å². The molecule has 0 bridgehead atoms. The summed E-state index contributed by atoms with van der Waals surface area (Å²) in [6, 6.07) is 10.0. The van der Waals surface area contributed by atoms with E-state index in [4.69, 9.17) is 5.73 Å². The molecule has 4 nitrogen and oxygen atoms in total. The molecule has 5 heteroatoms. The third kappa shape index (κ3) is 3.05. The highest BCUT2D eigenvalue weighted by Crippen LogP contribution is 2.29. The van der Waals surface area contributed by atoms with Crippen LogP contribution in [0.4, 0.5) is 0 Å². The topological polar surface area (TPSA) is 59.2 Å². The summed E-state index contributed by atoms with van der Waals surface area (Å²) in [4.78, 5) is 20.0. The lowest BCUT2D eigenvalue weighted by molar-refractivity contribution is 0.0697. The number of nitrogens with zero attached hydrogens (tertiary/aromatic N) is 2. The highest BCUT2D eigenvalue weighted by Gasteiger charge is 2.26. The molecule has 3 rings (SSSR count). The maximum atomic E-state index is 12.7. The zero-order valence-electron chi connectivity index (χ0n) is 12.8. The molecule has 2 heterocycles. The van der Waals surface area contributed by atoms with E-state index in [0.717, 1.165) is 53.6 Å². The van der Waals surface area contributed by atoms with Gasteiger partial charge < -0.3 is 10.6 Å². The number of aromatic nitrogens is 1. The fourth-order valence-corrected chi connectivity index (χ4v) is 3.85. The number of amides is 1. The fraction of sp³-hybridized carbons (Fsp3) is 0.412. The first-order valence-electron chi connectivity index (χ1n) is 7.71. The van der Waals surface area contributed by atoms with E-state index in [1.165, 1.54) is 11.3 Å². The maximum Gasteiger partial charge on any atom is 0.265 e. The number of carbonyl (C=O) groups is 1. The molecule has 0 radical (unpaired) electrons. The number of carbonyl (C=O) groups excluding carboxylic acids is 1. The number of benzene rings is 1. The van der Waals surface area contributed by atoms with E-state index in [1.807, 2.05) is 42.2 Å². The standard InChI is InChI=1S/C17H21N3OS/c1-12-15(17(21)20-9-7-13(11-18)8-10-20)22-16(19-12)14-5-3-2-4-6-14/h2-6,13H,7-11,18H2,1H3. The molecule has 0 atom stereocenters. The van der Waals surface area contributed by atoms with Crippen molar-refractivity contribution in [2.75, 3.05) is 19.6 Å². The molecule has 1 aromatic heterocycles. The molecular formula is C17H21N3OS. The van der Waals surface area contributed by atoms with Crippen molar-refractivity contribution in [3.8, 4) is 10.6 Å². The monoisotopic (exact) mass is 315 g/mol. The summed E-state index contributed by atoms with van der Waals surface area (Å²) in [5.41, 5.74) is 7.61. The van der Waals surface area contributed by atoms with Crippen LogP contribution in [0.3, 0.4) is 0 Å². The molecule has 2 aromatic rings. The lowest BCUT2D eigenvalue weighted by Gasteiger charge is -2.31. The molecule has 0 unspecified atom stereocenters. The van der Waals surface area contributed by atoms with Gasteiger partial charge in [0.25, 0.3) is 5.91 Å². The Morgan fingerprint density at radius 2 is 2.00 bits per heavy atom. The van der Waals surface area contributed by atoms with Gasteiger partial charge >= 0.3 is 0 Å². The fourth-order valence-electron chi connectivity index (χ4n) is 2.81. The Hall–Kier alpha value is -1.72. The Kier molecular flexibility index (Phi) is 4.55. The van der Waals surface area contributed by atoms with Crippen LogP contribution < -0.4 is 5.73 Å². The molecule has 1 saturated heterocycles. The Morgan fingerprint density at radius 1 is 1.32 bits per heavy atom. The highest BCUT2D eigenvalue weighted by molar-refractivity contribution is 7.17. The predicted molar refractivity (Wildman–Crippen MR) is 90.0 cm³/mol. The van der Waals surface area contributed by atoms with Gasteiger partial charge in [-0.15, -0.1) is 11.3 Å². The molecule has 2 N–H and O–H groups in total. The molecule has 0 spiro atoms. The molecule has 0 aliphatic carbocycles. The SMILES string of the molecule is Cc1nc(-c2ccccc2)sc1C(=O)N1CCC(CN)CC1. The molecule has 1 fully saturated rings. The summed E-state index contributed by atoms with van der Waals surface area (Å²) in [7, 11) is 0. The molecular weight excluding hydrogens is 294 g/mol. The van der Waals surface area contributed by atoms with Crippen molar-refractivity contribution in [2.24, 2.45) is 11.7 Å². The van der Waals surface area contributed by atoms with E-state index in [-0.39, 0.29) is 5.91 Å². The van der Waals surface area contributed by atoms with Gasteiger partial charge in [0.05, 0.1) is 5.69 Å². The quantitative estimate of drug-likeness (QED) is 0.947. The summed E-state index contributed by atoms with van der Waals surface area (Å²) < 4.78 is 0. The van der Waals surface area contributed by atoms with E-state index in [0.29, 0.717) is 5.92 Å². The minimum Gasteiger partial charge on any atom is -0.338 e. The van der Waals surface area contributed by atoms with Gasteiger partial charge in [0.15, 0.2) is 0 Å². The minimum atomic E-state index is 0.118. The van der Waals surface area contributed by atoms with Crippen molar-refractivity contribution in [3.05, 3.63) is 40.9 Å². The van der Waals surface area contributed by atoms with Gasteiger partial charge in [-0.1, -0.05) is 30.3 Å². The van der Waals surface area contributed by atoms with Crippen molar-refractivity contribution in [2.45, 2.75) is 19.8 Å². The normalized spacial score (nSPS) is 16.0. The predicted octanol–water partition coefficient (Wildman–Crippen LogP) is 2.93. The maximum absolute atomic E-state index is 12.7. The first-order valence-corrected chi connectivity index (χ1v) is 8.53. The van der Waals surface area contributed by atoms with E-state index in [9.17, 15) is 4.79 Å². The average molecular weight is 315 g/mol. The first kappa shape index (κ1) is 15.2. The molecule has 22 heavy (non-hydrogen) atoms. The molecule has 1 amide bonds. The number of hydrogen-bond donors (Lipinski definition) is 1. The van der Waals surface area contributed by atoms with Crippen LogP contribution >= 0.6 is 11.3 Å². The summed E-state index contributed by atoms with van der Waals surface area (Å²) in [5, 5.41) is 0.915. The van der Waals surface area contributed by atoms with Crippen LogP contribution in [0.15, 0.2) is 30.3 Å². The molecule has 1 aliphatic heterocycles.